The van der Waals surface area contributed by atoms with Crippen molar-refractivity contribution in [2.45, 2.75) is 227 Å². The highest BCUT2D eigenvalue weighted by molar-refractivity contribution is 5.60. The van der Waals surface area contributed by atoms with Crippen molar-refractivity contribution < 1.29 is 60.2 Å². The Balaban J connectivity index is 0.000000121. The quantitative estimate of drug-likeness (QED) is 0.0811. The maximum Gasteiger partial charge on any atom is 0.141 e. The standard InChI is InChI=1S/C26H32O4.C25H30O4.C24H28O4/c1-16-20(27)11-9-18(23(16)29)26-15-7-4-8-22(26)25(13-5-3-6-14-25)19-10-12-21(28)17(2)24(19)30-26;1-16-20(27)11-10-19-23(16)29-25(18-9-8-17(26)15-21(18)28)14-6-3-7-22(25)24(19)12-4-2-5-13-24;25-16-7-9-18(20(27)14-16)24-13-5-2-6-22(24)23(11-3-1-4-12-23)19-10-8-17(26)15-21(19)28-24/h9-12,22,27-29H,3-8,13-15H2,1-2H3;8-11,15,22,26-28H,2-7,12-14H2,1H3;7-10,14-15,22,25-27H,1-6,11-13H2. The minimum absolute atomic E-state index is 0.00292. The van der Waals surface area contributed by atoms with Crippen LogP contribution in [-0.2, 0) is 33.0 Å². The average Bonchev–Trinajstić information content (AvgIpc) is 0.804. The lowest BCUT2D eigenvalue weighted by atomic mass is 9.51. The van der Waals surface area contributed by atoms with Crippen molar-refractivity contribution in [3.05, 3.63) is 141 Å². The predicted molar refractivity (Wildman–Crippen MR) is 335 cm³/mol. The molecule has 0 amide bonds. The number of phenols is 9. The van der Waals surface area contributed by atoms with E-state index in [2.05, 4.69) is 18.2 Å². The van der Waals surface area contributed by atoms with Crippen LogP contribution in [0.15, 0.2) is 91.0 Å². The lowest BCUT2D eigenvalue weighted by Gasteiger charge is -2.59. The van der Waals surface area contributed by atoms with Gasteiger partial charge in [0.15, 0.2) is 0 Å². The van der Waals surface area contributed by atoms with Crippen molar-refractivity contribution >= 4 is 0 Å². The number of fused-ring (bicyclic) bond motifs is 12. The normalized spacial score (nSPS) is 27.7. The molecule has 0 bridgehead atoms. The third kappa shape index (κ3) is 9.31. The fourth-order valence-electron chi connectivity index (χ4n) is 19.8. The van der Waals surface area contributed by atoms with Gasteiger partial charge in [-0.1, -0.05) is 95.2 Å². The Morgan fingerprint density at radius 2 is 0.621 bits per heavy atom. The monoisotopic (exact) mass is 1180 g/mol. The van der Waals surface area contributed by atoms with E-state index in [0.717, 1.165) is 141 Å². The summed E-state index contributed by atoms with van der Waals surface area (Å²) >= 11 is 0. The first-order chi connectivity index (χ1) is 41.9. The second-order valence-corrected chi connectivity index (χ2v) is 27.9. The van der Waals surface area contributed by atoms with E-state index >= 15 is 0 Å². The van der Waals surface area contributed by atoms with Gasteiger partial charge in [0, 0.05) is 102 Å². The molecule has 0 aromatic heterocycles. The maximum atomic E-state index is 11.1. The topological polar surface area (TPSA) is 210 Å². The van der Waals surface area contributed by atoms with Crippen molar-refractivity contribution in [1.29, 1.82) is 0 Å². The Bertz CT molecular complexity index is 3570. The predicted octanol–water partition coefficient (Wildman–Crippen LogP) is 17.4. The molecule has 6 fully saturated rings. The second kappa shape index (κ2) is 22.5. The summed E-state index contributed by atoms with van der Waals surface area (Å²) in [7, 11) is 0. The zero-order valence-electron chi connectivity index (χ0n) is 51.2. The fraction of sp³-hybridized carbons (Fsp3) is 0.520. The smallest absolute Gasteiger partial charge is 0.141 e. The summed E-state index contributed by atoms with van der Waals surface area (Å²) in [5, 5.41) is 93.7. The van der Waals surface area contributed by atoms with Crippen LogP contribution in [0.1, 0.15) is 223 Å². The molecule has 3 aliphatic heterocycles. The molecule has 12 nitrogen and oxygen atoms in total. The molecule has 462 valence electrons. The summed E-state index contributed by atoms with van der Waals surface area (Å²) < 4.78 is 20.5. The molecule has 6 atom stereocenters. The molecule has 6 aromatic carbocycles. The number of rotatable bonds is 3. The number of ether oxygens (including phenoxy) is 3. The van der Waals surface area contributed by atoms with Crippen LogP contribution < -0.4 is 14.2 Å². The van der Waals surface area contributed by atoms with Crippen LogP contribution in [-0.4, -0.2) is 46.0 Å². The van der Waals surface area contributed by atoms with Gasteiger partial charge in [-0.2, -0.15) is 0 Å². The summed E-state index contributed by atoms with van der Waals surface area (Å²) in [5.41, 5.74) is 6.29. The van der Waals surface area contributed by atoms with Gasteiger partial charge >= 0.3 is 0 Å². The SMILES string of the molecule is Cc1c(O)ccc(C23CCCCC2C2(CCCCC2)c2ccc(O)c(C)c2O3)c1O.Cc1c(O)ccc2c1OC1(c3ccc(O)cc3O)CCCCC1C21CCCCC1.Oc1ccc(C23CCCCC2C2(CCCCC2)c2ccc(O)cc2O3)c(O)c1. The molecule has 87 heavy (non-hydrogen) atoms. The molecule has 9 N–H and O–H groups in total. The van der Waals surface area contributed by atoms with Crippen LogP contribution in [0, 0.1) is 38.5 Å². The van der Waals surface area contributed by atoms with Crippen LogP contribution >= 0.6 is 0 Å². The van der Waals surface area contributed by atoms with E-state index in [1.54, 1.807) is 37.3 Å². The van der Waals surface area contributed by atoms with Gasteiger partial charge < -0.3 is 60.2 Å². The highest BCUT2D eigenvalue weighted by Gasteiger charge is 2.63. The minimum atomic E-state index is -0.635. The molecule has 3 spiro atoms. The third-order valence-electron chi connectivity index (χ3n) is 23.7. The van der Waals surface area contributed by atoms with Crippen molar-refractivity contribution in [1.82, 2.24) is 0 Å². The third-order valence-corrected chi connectivity index (χ3v) is 23.7. The summed E-state index contributed by atoms with van der Waals surface area (Å²) in [5.74, 6) is 4.50. The van der Waals surface area contributed by atoms with E-state index in [0.29, 0.717) is 5.56 Å². The molecule has 6 unspecified atom stereocenters. The number of hydrogen-bond donors (Lipinski definition) is 9. The van der Waals surface area contributed by atoms with Crippen molar-refractivity contribution in [3.8, 4) is 69.0 Å². The molecule has 15 rings (SSSR count). The number of aromatic hydroxyl groups is 9. The Morgan fingerprint density at radius 3 is 1.03 bits per heavy atom. The van der Waals surface area contributed by atoms with Crippen LogP contribution in [0.2, 0.25) is 0 Å². The summed E-state index contributed by atoms with van der Waals surface area (Å²) in [6.45, 7) is 5.62. The molecule has 6 aromatic rings. The van der Waals surface area contributed by atoms with E-state index in [9.17, 15) is 46.0 Å². The first-order valence-corrected chi connectivity index (χ1v) is 33.1. The largest absolute Gasteiger partial charge is 0.508 e. The van der Waals surface area contributed by atoms with Gasteiger partial charge in [-0.05, 0) is 172 Å². The molecule has 6 saturated carbocycles. The van der Waals surface area contributed by atoms with E-state index in [-0.39, 0.29) is 85.7 Å². The number of benzene rings is 6. The minimum Gasteiger partial charge on any atom is -0.508 e. The zero-order valence-corrected chi connectivity index (χ0v) is 51.2. The molecule has 3 heterocycles. The van der Waals surface area contributed by atoms with Gasteiger partial charge in [-0.25, -0.2) is 0 Å². The number of hydrogen-bond acceptors (Lipinski definition) is 12. The first-order valence-electron chi connectivity index (χ1n) is 33.1. The van der Waals surface area contributed by atoms with Crippen molar-refractivity contribution in [3.63, 3.8) is 0 Å². The Labute approximate surface area is 512 Å². The molecule has 9 aliphatic rings. The first kappa shape index (κ1) is 58.9. The van der Waals surface area contributed by atoms with Gasteiger partial charge in [0.05, 0.1) is 0 Å². The molecule has 0 saturated heterocycles. The molecular formula is C75H90O12. The van der Waals surface area contributed by atoms with Gasteiger partial charge in [0.1, 0.15) is 85.8 Å². The number of phenolic OH excluding ortho intramolecular Hbond substituents is 9. The molecule has 0 radical (unpaired) electrons. The van der Waals surface area contributed by atoms with Crippen LogP contribution in [0.4, 0.5) is 0 Å². The van der Waals surface area contributed by atoms with Gasteiger partial charge in [0.25, 0.3) is 0 Å². The maximum absolute atomic E-state index is 11.1. The van der Waals surface area contributed by atoms with E-state index < -0.39 is 16.8 Å². The van der Waals surface area contributed by atoms with Crippen molar-refractivity contribution in [2.75, 3.05) is 0 Å². The Morgan fingerprint density at radius 1 is 0.299 bits per heavy atom. The lowest BCUT2D eigenvalue weighted by molar-refractivity contribution is -0.0967. The molecule has 12 heteroatoms. The highest BCUT2D eigenvalue weighted by atomic mass is 16.5. The summed E-state index contributed by atoms with van der Waals surface area (Å²) in [6, 6.07) is 26.8. The highest BCUT2D eigenvalue weighted by Crippen LogP contribution is 2.68. The zero-order chi connectivity index (χ0) is 60.7. The van der Waals surface area contributed by atoms with Crippen LogP contribution in [0.25, 0.3) is 0 Å². The molecule has 6 aliphatic carbocycles. The van der Waals surface area contributed by atoms with E-state index in [1.165, 1.54) is 106 Å². The molecular weight excluding hydrogens is 1090 g/mol. The van der Waals surface area contributed by atoms with E-state index in [1.807, 2.05) is 44.2 Å². The van der Waals surface area contributed by atoms with Gasteiger partial charge in [-0.3, -0.25) is 0 Å². The van der Waals surface area contributed by atoms with Crippen LogP contribution in [0.3, 0.4) is 0 Å². The van der Waals surface area contributed by atoms with Gasteiger partial charge in [-0.15, -0.1) is 0 Å². The van der Waals surface area contributed by atoms with E-state index in [4.69, 9.17) is 14.2 Å². The Hall–Kier alpha value is -7.08. The lowest BCUT2D eigenvalue weighted by Crippen LogP contribution is -2.57. The van der Waals surface area contributed by atoms with Crippen molar-refractivity contribution in [2.24, 2.45) is 17.8 Å². The summed E-state index contributed by atoms with van der Waals surface area (Å²) in [4.78, 5) is 0. The Kier molecular flexibility index (Phi) is 15.2. The summed E-state index contributed by atoms with van der Waals surface area (Å²) in [6.07, 6.45) is 30.1. The fourth-order valence-corrected chi connectivity index (χ4v) is 19.8. The van der Waals surface area contributed by atoms with Crippen LogP contribution in [0.5, 0.6) is 69.0 Å². The van der Waals surface area contributed by atoms with Gasteiger partial charge in [0.2, 0.25) is 0 Å². The average molecular weight is 1180 g/mol. The second-order valence-electron chi connectivity index (χ2n) is 27.9.